The number of methoxy groups -OCH3 is 1. The van der Waals surface area contributed by atoms with Gasteiger partial charge in [-0.3, -0.25) is 24.7 Å². The van der Waals surface area contributed by atoms with Gasteiger partial charge in [-0.25, -0.2) is 23.1 Å². The summed E-state index contributed by atoms with van der Waals surface area (Å²) in [6, 6.07) is 18.6. The van der Waals surface area contributed by atoms with Gasteiger partial charge in [-0.2, -0.15) is 9.97 Å². The number of benzene rings is 2. The molecule has 1 amide bonds. The van der Waals surface area contributed by atoms with E-state index in [0.717, 1.165) is 106 Å². The van der Waals surface area contributed by atoms with E-state index in [1.165, 1.54) is 29.5 Å². The summed E-state index contributed by atoms with van der Waals surface area (Å²) in [5.74, 6) is 1.82. The number of nitrogens with zero attached hydrogens (tertiary/aromatic N) is 10. The number of hydrogen-bond donors (Lipinski definition) is 3. The van der Waals surface area contributed by atoms with Crippen LogP contribution in [0.1, 0.15) is 78.0 Å². The van der Waals surface area contributed by atoms with Crippen molar-refractivity contribution in [1.82, 2.24) is 39.4 Å². The van der Waals surface area contributed by atoms with Gasteiger partial charge in [0.15, 0.2) is 17.4 Å². The Morgan fingerprint density at radius 1 is 0.880 bits per heavy atom. The van der Waals surface area contributed by atoms with Crippen LogP contribution >= 0.6 is 0 Å². The number of sulfonamides is 1. The minimum atomic E-state index is -4.68. The molecule has 7 aliphatic rings. The van der Waals surface area contributed by atoms with E-state index < -0.39 is 37.5 Å². The van der Waals surface area contributed by atoms with Crippen molar-refractivity contribution in [2.75, 3.05) is 119 Å². The van der Waals surface area contributed by atoms with Crippen molar-refractivity contribution in [2.24, 2.45) is 11.3 Å². The predicted octanol–water partition coefficient (Wildman–Crippen LogP) is 6.76. The van der Waals surface area contributed by atoms with Gasteiger partial charge in [-0.05, 0) is 110 Å². The highest BCUT2D eigenvalue weighted by Gasteiger charge is 2.51. The van der Waals surface area contributed by atoms with Gasteiger partial charge in [0.25, 0.3) is 21.6 Å². The fraction of sp³-hybridized carbons (Fsp3) is 0.508. The van der Waals surface area contributed by atoms with E-state index in [1.54, 1.807) is 13.3 Å². The summed E-state index contributed by atoms with van der Waals surface area (Å²) in [7, 11) is -2.96. The van der Waals surface area contributed by atoms with Crippen LogP contribution in [-0.4, -0.2) is 171 Å². The number of nitro benzene ring substituents is 1. The van der Waals surface area contributed by atoms with Gasteiger partial charge >= 0.3 is 0 Å². The number of nitro groups is 1. The van der Waals surface area contributed by atoms with Gasteiger partial charge in [0.05, 0.1) is 42.8 Å². The van der Waals surface area contributed by atoms with E-state index in [-0.39, 0.29) is 47.1 Å². The first kappa shape index (κ1) is 55.0. The number of rotatable bonds is 15. The summed E-state index contributed by atoms with van der Waals surface area (Å²) in [4.78, 5) is 60.6. The van der Waals surface area contributed by atoms with Gasteiger partial charge in [0.1, 0.15) is 28.7 Å². The number of piperazine rings is 1. The number of nitrogens with one attached hydrogen (secondary N) is 3. The van der Waals surface area contributed by atoms with Crippen molar-refractivity contribution in [3.8, 4) is 11.6 Å². The molecule has 3 N–H and O–H groups in total. The zero-order chi connectivity index (χ0) is 56.8. The zero-order valence-electron chi connectivity index (χ0n) is 46.9. The standard InChI is InChI=1S/C59H71N13O10S/c1-38-5-3-4-6-44(38)50-36-67(35-40-27-51(78-2)55(62-33-40)68-20-25-80-26-21-68)18-19-70(50)42-30-59(31-42)13-16-69(17-14-59)58-63-34-45(54(65-58)71-47-12-24-81-37-52(47)82-57-49(71)28-41-9-15-60-53(41)64-57)56(73)66-83(76,77)43-7-8-46(48(29-43)72(74)75)61-32-39-10-22-79-23-11-39/h3-9,15,27-29,33-34,39,42,47,50,52,61H,10-14,16-26,30-32,35-37H2,1-2H3,(H,60,64)(H,66,73)/t47-,50-,52-/m0/s1. The number of pyridine rings is 2. The lowest BCUT2D eigenvalue weighted by Crippen LogP contribution is -2.60. The summed E-state index contributed by atoms with van der Waals surface area (Å²) < 4.78 is 60.0. The van der Waals surface area contributed by atoms with Gasteiger partial charge < -0.3 is 48.7 Å². The summed E-state index contributed by atoms with van der Waals surface area (Å²) in [5, 5.41) is 16.3. The van der Waals surface area contributed by atoms with Crippen LogP contribution in [-0.2, 0) is 30.8 Å². The molecule has 3 atom stereocenters. The number of morpholine rings is 1. The number of H-pyrrole nitrogens is 1. The molecule has 6 fully saturated rings. The summed E-state index contributed by atoms with van der Waals surface area (Å²) in [6.45, 7) is 12.5. The molecule has 10 heterocycles. The molecular formula is C59H71N13O10S. The average Bonchev–Trinajstić information content (AvgIpc) is 4.11. The van der Waals surface area contributed by atoms with Crippen LogP contribution in [0.2, 0.25) is 0 Å². The first-order valence-corrected chi connectivity index (χ1v) is 30.6. The molecular weight excluding hydrogens is 1080 g/mol. The molecule has 438 valence electrons. The Morgan fingerprint density at radius 2 is 1.67 bits per heavy atom. The van der Waals surface area contributed by atoms with Crippen molar-refractivity contribution in [3.05, 3.63) is 112 Å². The molecule has 24 heteroatoms. The topological polar surface area (TPSA) is 248 Å². The van der Waals surface area contributed by atoms with Crippen molar-refractivity contribution < 1.29 is 41.8 Å². The Balaban J connectivity index is 0.740. The van der Waals surface area contributed by atoms with E-state index in [4.69, 9.17) is 43.6 Å². The number of carbonyl (C=O) groups is 1. The quantitative estimate of drug-likeness (QED) is 0.0709. The van der Waals surface area contributed by atoms with Crippen LogP contribution in [0.3, 0.4) is 0 Å². The molecule has 1 saturated carbocycles. The number of aryl methyl sites for hydroxylation is 1. The summed E-state index contributed by atoms with van der Waals surface area (Å²) in [5.41, 5.74) is 4.75. The van der Waals surface area contributed by atoms with Crippen molar-refractivity contribution in [2.45, 2.75) is 87.5 Å². The Kier molecular flexibility index (Phi) is 15.3. The number of aromatic nitrogens is 5. The molecule has 6 aliphatic heterocycles. The van der Waals surface area contributed by atoms with Crippen LogP contribution in [0.15, 0.2) is 84.1 Å². The van der Waals surface area contributed by atoms with Crippen LogP contribution < -0.4 is 34.2 Å². The number of hydrogen-bond acceptors (Lipinski definition) is 20. The minimum Gasteiger partial charge on any atom is -0.493 e. The first-order chi connectivity index (χ1) is 40.4. The van der Waals surface area contributed by atoms with E-state index in [1.807, 2.05) is 23.2 Å². The molecule has 0 radical (unpaired) electrons. The van der Waals surface area contributed by atoms with Gasteiger partial charge in [-0.15, -0.1) is 0 Å². The largest absolute Gasteiger partial charge is 0.493 e. The van der Waals surface area contributed by atoms with Gasteiger partial charge in [0.2, 0.25) is 11.8 Å². The van der Waals surface area contributed by atoms with Gasteiger partial charge in [-0.1, -0.05) is 24.3 Å². The molecule has 83 heavy (non-hydrogen) atoms. The lowest BCUT2D eigenvalue weighted by Gasteiger charge is -2.58. The third-order valence-corrected chi connectivity index (χ3v) is 19.6. The van der Waals surface area contributed by atoms with Crippen LogP contribution in [0.5, 0.6) is 11.6 Å². The summed E-state index contributed by atoms with van der Waals surface area (Å²) in [6.07, 6.45) is 10.8. The normalized spacial score (nSPS) is 22.6. The molecule has 0 bridgehead atoms. The highest BCUT2D eigenvalue weighted by molar-refractivity contribution is 7.90. The maximum atomic E-state index is 14.7. The third kappa shape index (κ3) is 11.1. The zero-order valence-corrected chi connectivity index (χ0v) is 47.7. The Bertz CT molecular complexity index is 3490. The number of ether oxygens (including phenoxy) is 5. The Hall–Kier alpha value is -7.22. The number of fused-ring (bicyclic) bond motifs is 3. The fourth-order valence-electron chi connectivity index (χ4n) is 13.6. The minimum absolute atomic E-state index is 0.106. The second kappa shape index (κ2) is 23.1. The Morgan fingerprint density at radius 3 is 2.47 bits per heavy atom. The number of piperidine rings is 1. The summed E-state index contributed by atoms with van der Waals surface area (Å²) >= 11 is 0. The van der Waals surface area contributed by atoms with Crippen LogP contribution in [0.25, 0.3) is 11.0 Å². The third-order valence-electron chi connectivity index (χ3n) is 18.3. The molecule has 2 aromatic carbocycles. The van der Waals surface area contributed by atoms with Crippen LogP contribution in [0, 0.1) is 28.4 Å². The molecule has 1 aliphatic carbocycles. The van der Waals surface area contributed by atoms with E-state index in [9.17, 15) is 23.3 Å². The molecule has 6 aromatic rings. The van der Waals surface area contributed by atoms with Gasteiger partial charge in [0, 0.05) is 121 Å². The van der Waals surface area contributed by atoms with Crippen molar-refractivity contribution in [3.63, 3.8) is 0 Å². The molecule has 5 saturated heterocycles. The predicted molar refractivity (Wildman–Crippen MR) is 310 cm³/mol. The highest BCUT2D eigenvalue weighted by atomic mass is 32.2. The van der Waals surface area contributed by atoms with Crippen molar-refractivity contribution >= 4 is 61.6 Å². The number of anilines is 5. The molecule has 4 aromatic heterocycles. The fourth-order valence-corrected chi connectivity index (χ4v) is 14.6. The average molecular weight is 1150 g/mol. The molecule has 23 nitrogen and oxygen atoms in total. The smallest absolute Gasteiger partial charge is 0.293 e. The number of aromatic amines is 1. The molecule has 1 spiro atoms. The van der Waals surface area contributed by atoms with Crippen molar-refractivity contribution in [1.29, 1.82) is 0 Å². The number of carbonyl (C=O) groups excluding carboxylic acids is 1. The SMILES string of the molecule is COc1cc(CN2CCN(C3CC4(CCN(c5ncc(C(=O)NS(=O)(=O)c6ccc(NCC7CCOCC7)c([N+](=O)[O-])c6)c(N6c7cc8cc[nH]c8nc7O[C@H]7COCC[C@@H]76)n5)CC4)C3)[C@H](c3ccccc3C)C2)cnc1N1CCOCC1. The second-order valence-electron chi connectivity index (χ2n) is 23.3. The lowest BCUT2D eigenvalue weighted by molar-refractivity contribution is -0.384. The lowest BCUT2D eigenvalue weighted by atomic mass is 9.59. The highest BCUT2D eigenvalue weighted by Crippen LogP contribution is 2.53. The monoisotopic (exact) mass is 1150 g/mol. The van der Waals surface area contributed by atoms with E-state index in [2.05, 4.69) is 71.9 Å². The maximum absolute atomic E-state index is 14.7. The van der Waals surface area contributed by atoms with Crippen LogP contribution in [0.4, 0.5) is 34.6 Å². The van der Waals surface area contributed by atoms with E-state index >= 15 is 0 Å². The second-order valence-corrected chi connectivity index (χ2v) is 24.9. The molecule has 0 unspecified atom stereocenters. The maximum Gasteiger partial charge on any atom is 0.293 e. The van der Waals surface area contributed by atoms with E-state index in [0.29, 0.717) is 88.3 Å². The number of amides is 1. The first-order valence-electron chi connectivity index (χ1n) is 29.1. The molecule has 13 rings (SSSR count). The Labute approximate surface area is 482 Å².